The molecule has 3 heteroatoms. The van der Waals surface area contributed by atoms with E-state index in [1.165, 1.54) is 5.56 Å². The van der Waals surface area contributed by atoms with Gasteiger partial charge in [-0.05, 0) is 30.2 Å². The maximum atomic E-state index is 8.28. The van der Waals surface area contributed by atoms with Gasteiger partial charge in [0.2, 0.25) is 0 Å². The molecule has 0 unspecified atom stereocenters. The largest absolute Gasteiger partial charge is 0.322 e. The van der Waals surface area contributed by atoms with E-state index in [0.717, 1.165) is 28.4 Å². The van der Waals surface area contributed by atoms with Gasteiger partial charge in [-0.2, -0.15) is 0 Å². The standard InChI is InChI=1S/C15H13ClN2/c1-10-13(16)7-4-8-14(10)18-9-11-5-2-3-6-12(11)15(18)17/h2-8,17H,9H2,1H3. The number of benzene rings is 2. The number of halogens is 1. The number of fused-ring (bicyclic) bond motifs is 1. The topological polar surface area (TPSA) is 27.1 Å². The molecule has 0 saturated heterocycles. The molecule has 1 N–H and O–H groups in total. The van der Waals surface area contributed by atoms with Crippen LogP contribution in [0.15, 0.2) is 42.5 Å². The van der Waals surface area contributed by atoms with Gasteiger partial charge in [0.25, 0.3) is 0 Å². The summed E-state index contributed by atoms with van der Waals surface area (Å²) in [5.41, 5.74) is 4.25. The van der Waals surface area contributed by atoms with E-state index < -0.39 is 0 Å². The van der Waals surface area contributed by atoms with Crippen molar-refractivity contribution in [1.82, 2.24) is 0 Å². The molecule has 3 rings (SSSR count). The van der Waals surface area contributed by atoms with Crippen molar-refractivity contribution >= 4 is 23.1 Å². The zero-order chi connectivity index (χ0) is 12.7. The molecule has 0 aliphatic carbocycles. The molecule has 1 heterocycles. The van der Waals surface area contributed by atoms with Gasteiger partial charge >= 0.3 is 0 Å². The minimum absolute atomic E-state index is 0.552. The first-order valence-electron chi connectivity index (χ1n) is 5.88. The normalized spacial score (nSPS) is 13.9. The van der Waals surface area contributed by atoms with Crippen molar-refractivity contribution in [2.24, 2.45) is 0 Å². The van der Waals surface area contributed by atoms with Crippen molar-refractivity contribution < 1.29 is 0 Å². The molecule has 90 valence electrons. The molecule has 2 nitrogen and oxygen atoms in total. The summed E-state index contributed by atoms with van der Waals surface area (Å²) in [7, 11) is 0. The molecule has 18 heavy (non-hydrogen) atoms. The maximum Gasteiger partial charge on any atom is 0.133 e. The molecule has 0 amide bonds. The van der Waals surface area contributed by atoms with Crippen LogP contribution in [0.5, 0.6) is 0 Å². The van der Waals surface area contributed by atoms with Crippen LogP contribution in [-0.2, 0) is 6.54 Å². The lowest BCUT2D eigenvalue weighted by molar-refractivity contribution is 1.04. The van der Waals surface area contributed by atoms with Gasteiger partial charge in [0.05, 0.1) is 6.54 Å². The fourth-order valence-corrected chi connectivity index (χ4v) is 2.55. The quantitative estimate of drug-likeness (QED) is 0.821. The second-order valence-electron chi connectivity index (χ2n) is 4.48. The van der Waals surface area contributed by atoms with Gasteiger partial charge in [0.1, 0.15) is 5.84 Å². The first-order chi connectivity index (χ1) is 8.68. The molecule has 2 aromatic rings. The minimum atomic E-state index is 0.552. The van der Waals surface area contributed by atoms with Crippen LogP contribution in [0.1, 0.15) is 16.7 Å². The van der Waals surface area contributed by atoms with Crippen molar-refractivity contribution in [3.8, 4) is 0 Å². The highest BCUT2D eigenvalue weighted by atomic mass is 35.5. The van der Waals surface area contributed by atoms with Crippen LogP contribution in [0.3, 0.4) is 0 Å². The zero-order valence-electron chi connectivity index (χ0n) is 10.1. The summed E-state index contributed by atoms with van der Waals surface area (Å²) < 4.78 is 0. The highest BCUT2D eigenvalue weighted by molar-refractivity contribution is 6.32. The van der Waals surface area contributed by atoms with Gasteiger partial charge in [0.15, 0.2) is 0 Å². The molecule has 1 aliphatic heterocycles. The fraction of sp³-hybridized carbons (Fsp3) is 0.133. The summed E-state index contributed by atoms with van der Waals surface area (Å²) in [6, 6.07) is 13.9. The van der Waals surface area contributed by atoms with Crippen LogP contribution >= 0.6 is 11.6 Å². The lowest BCUT2D eigenvalue weighted by Crippen LogP contribution is -2.23. The number of hydrogen-bond donors (Lipinski definition) is 1. The predicted octanol–water partition coefficient (Wildman–Crippen LogP) is 3.99. The van der Waals surface area contributed by atoms with Crippen LogP contribution in [0, 0.1) is 12.3 Å². The summed E-state index contributed by atoms with van der Waals surface area (Å²) in [5, 5.41) is 9.02. The SMILES string of the molecule is Cc1c(Cl)cccc1N1Cc2ccccc2C1=N. The number of hydrogen-bond acceptors (Lipinski definition) is 1. The lowest BCUT2D eigenvalue weighted by Gasteiger charge is -2.20. The van der Waals surface area contributed by atoms with Crippen LogP contribution in [0.25, 0.3) is 0 Å². The van der Waals surface area contributed by atoms with E-state index in [-0.39, 0.29) is 0 Å². The molecular weight excluding hydrogens is 244 g/mol. The summed E-state index contributed by atoms with van der Waals surface area (Å²) in [6.07, 6.45) is 0. The maximum absolute atomic E-state index is 8.28. The Morgan fingerprint density at radius 3 is 2.67 bits per heavy atom. The fourth-order valence-electron chi connectivity index (χ4n) is 2.38. The zero-order valence-corrected chi connectivity index (χ0v) is 10.8. The lowest BCUT2D eigenvalue weighted by atomic mass is 10.1. The Morgan fingerprint density at radius 2 is 1.89 bits per heavy atom. The molecule has 0 atom stereocenters. The first kappa shape index (κ1) is 11.3. The van der Waals surface area contributed by atoms with E-state index in [1.807, 2.05) is 48.2 Å². The van der Waals surface area contributed by atoms with Crippen molar-refractivity contribution in [2.75, 3.05) is 4.90 Å². The van der Waals surface area contributed by atoms with Crippen molar-refractivity contribution in [1.29, 1.82) is 5.41 Å². The molecular formula is C15H13ClN2. The van der Waals surface area contributed by atoms with E-state index in [9.17, 15) is 0 Å². The average Bonchev–Trinajstić information content (AvgIpc) is 2.71. The van der Waals surface area contributed by atoms with E-state index >= 15 is 0 Å². The van der Waals surface area contributed by atoms with Crippen molar-refractivity contribution in [3.05, 3.63) is 64.2 Å². The smallest absolute Gasteiger partial charge is 0.133 e. The highest BCUT2D eigenvalue weighted by Gasteiger charge is 2.25. The van der Waals surface area contributed by atoms with Crippen LogP contribution in [0.2, 0.25) is 5.02 Å². The monoisotopic (exact) mass is 256 g/mol. The number of nitrogens with zero attached hydrogens (tertiary/aromatic N) is 1. The number of nitrogens with one attached hydrogen (secondary N) is 1. The minimum Gasteiger partial charge on any atom is -0.322 e. The van der Waals surface area contributed by atoms with E-state index in [4.69, 9.17) is 17.0 Å². The van der Waals surface area contributed by atoms with Gasteiger partial charge in [-0.1, -0.05) is 41.9 Å². The Balaban J connectivity index is 2.07. The van der Waals surface area contributed by atoms with Gasteiger partial charge in [-0.3, -0.25) is 5.41 Å². The molecule has 0 radical (unpaired) electrons. The Bertz CT molecular complexity index is 634. The summed E-state index contributed by atoms with van der Waals surface area (Å²) in [4.78, 5) is 2.01. The average molecular weight is 257 g/mol. The van der Waals surface area contributed by atoms with Crippen LogP contribution < -0.4 is 4.90 Å². The molecule has 2 aromatic carbocycles. The number of anilines is 1. The van der Waals surface area contributed by atoms with E-state index in [2.05, 4.69) is 6.07 Å². The van der Waals surface area contributed by atoms with Gasteiger partial charge < -0.3 is 4.90 Å². The van der Waals surface area contributed by atoms with Crippen molar-refractivity contribution in [3.63, 3.8) is 0 Å². The first-order valence-corrected chi connectivity index (χ1v) is 6.26. The second-order valence-corrected chi connectivity index (χ2v) is 4.88. The van der Waals surface area contributed by atoms with Crippen LogP contribution in [-0.4, -0.2) is 5.84 Å². The second kappa shape index (κ2) is 4.14. The molecule has 0 bridgehead atoms. The number of amidine groups is 1. The third-order valence-electron chi connectivity index (χ3n) is 3.40. The predicted molar refractivity (Wildman–Crippen MR) is 75.6 cm³/mol. The third-order valence-corrected chi connectivity index (χ3v) is 3.81. The van der Waals surface area contributed by atoms with E-state index in [1.54, 1.807) is 0 Å². The number of rotatable bonds is 1. The summed E-state index contributed by atoms with van der Waals surface area (Å²) >= 11 is 6.15. The Hall–Kier alpha value is -1.80. The summed E-state index contributed by atoms with van der Waals surface area (Å²) in [6.45, 7) is 2.74. The van der Waals surface area contributed by atoms with Crippen molar-refractivity contribution in [2.45, 2.75) is 13.5 Å². The molecule has 0 saturated carbocycles. The van der Waals surface area contributed by atoms with E-state index in [0.29, 0.717) is 5.84 Å². The van der Waals surface area contributed by atoms with Gasteiger partial charge in [-0.25, -0.2) is 0 Å². The third kappa shape index (κ3) is 1.61. The molecule has 0 aromatic heterocycles. The Morgan fingerprint density at radius 1 is 1.11 bits per heavy atom. The molecule has 1 aliphatic rings. The Labute approximate surface area is 111 Å². The van der Waals surface area contributed by atoms with Gasteiger partial charge in [0, 0.05) is 16.3 Å². The summed E-state index contributed by atoms with van der Waals surface area (Å²) in [5.74, 6) is 0.552. The highest BCUT2D eigenvalue weighted by Crippen LogP contribution is 2.32. The van der Waals surface area contributed by atoms with Crippen LogP contribution in [0.4, 0.5) is 5.69 Å². The molecule has 0 fully saturated rings. The Kier molecular flexibility index (Phi) is 2.60. The van der Waals surface area contributed by atoms with Gasteiger partial charge in [-0.15, -0.1) is 0 Å². The molecule has 0 spiro atoms.